The number of nitrogens with two attached hydrogens (primary N) is 1. The molecule has 0 aliphatic rings. The number of aromatic nitrogens is 1. The quantitative estimate of drug-likeness (QED) is 0.322. The van der Waals surface area contributed by atoms with Crippen molar-refractivity contribution in [1.29, 1.82) is 0 Å². The Kier molecular flexibility index (Phi) is 4.56. The predicted octanol–water partition coefficient (Wildman–Crippen LogP) is 0.650. The second-order valence-corrected chi connectivity index (χ2v) is 3.25. The van der Waals surface area contributed by atoms with Crippen LogP contribution < -0.4 is 5.73 Å². The van der Waals surface area contributed by atoms with Gasteiger partial charge in [0.25, 0.3) is 0 Å². The summed E-state index contributed by atoms with van der Waals surface area (Å²) in [6.07, 6.45) is 3.51. The average Bonchev–Trinajstić information content (AvgIpc) is 2.29. The molecule has 82 valence electrons. The van der Waals surface area contributed by atoms with E-state index in [0.717, 1.165) is 18.7 Å². The van der Waals surface area contributed by atoms with E-state index in [4.69, 9.17) is 10.9 Å². The summed E-state index contributed by atoms with van der Waals surface area (Å²) in [7, 11) is 0. The summed E-state index contributed by atoms with van der Waals surface area (Å²) in [5.74, 6) is 0.228. The molecular formula is C10H16N4O. The van der Waals surface area contributed by atoms with Gasteiger partial charge in [-0.2, -0.15) is 0 Å². The van der Waals surface area contributed by atoms with Crippen LogP contribution in [0.15, 0.2) is 29.7 Å². The lowest BCUT2D eigenvalue weighted by Gasteiger charge is -2.19. The molecule has 0 radical (unpaired) electrons. The van der Waals surface area contributed by atoms with E-state index in [1.165, 1.54) is 0 Å². The van der Waals surface area contributed by atoms with Crippen molar-refractivity contribution in [2.24, 2.45) is 10.9 Å². The van der Waals surface area contributed by atoms with Crippen LogP contribution in [-0.2, 0) is 6.54 Å². The summed E-state index contributed by atoms with van der Waals surface area (Å²) in [6, 6.07) is 3.91. The van der Waals surface area contributed by atoms with Gasteiger partial charge in [0.15, 0.2) is 5.84 Å². The molecule has 0 spiro atoms. The van der Waals surface area contributed by atoms with Gasteiger partial charge in [0, 0.05) is 18.9 Å². The van der Waals surface area contributed by atoms with Crippen molar-refractivity contribution in [2.75, 3.05) is 13.1 Å². The van der Waals surface area contributed by atoms with Crippen molar-refractivity contribution < 1.29 is 5.21 Å². The van der Waals surface area contributed by atoms with E-state index in [2.05, 4.69) is 15.0 Å². The Bertz CT molecular complexity index is 312. The van der Waals surface area contributed by atoms with E-state index in [1.807, 2.05) is 19.1 Å². The fourth-order valence-corrected chi connectivity index (χ4v) is 1.29. The van der Waals surface area contributed by atoms with Crippen LogP contribution in [0, 0.1) is 0 Å². The van der Waals surface area contributed by atoms with Crippen LogP contribution in [-0.4, -0.2) is 34.0 Å². The molecule has 0 aliphatic carbocycles. The fourth-order valence-electron chi connectivity index (χ4n) is 1.29. The zero-order valence-corrected chi connectivity index (χ0v) is 8.80. The van der Waals surface area contributed by atoms with E-state index in [-0.39, 0.29) is 5.84 Å². The number of amidine groups is 1. The molecule has 0 fully saturated rings. The lowest BCUT2D eigenvalue weighted by atomic mass is 10.2. The molecule has 0 aliphatic heterocycles. The maximum absolute atomic E-state index is 8.47. The summed E-state index contributed by atoms with van der Waals surface area (Å²) in [4.78, 5) is 6.02. The van der Waals surface area contributed by atoms with E-state index in [9.17, 15) is 0 Å². The Morgan fingerprint density at radius 3 is 2.73 bits per heavy atom. The molecule has 1 aromatic heterocycles. The van der Waals surface area contributed by atoms with Crippen LogP contribution in [0.1, 0.15) is 12.5 Å². The molecule has 3 N–H and O–H groups in total. The first-order chi connectivity index (χ1) is 7.26. The third-order valence-electron chi connectivity index (χ3n) is 2.12. The summed E-state index contributed by atoms with van der Waals surface area (Å²) >= 11 is 0. The second kappa shape index (κ2) is 5.98. The molecule has 0 unspecified atom stereocenters. The molecular weight excluding hydrogens is 192 g/mol. The average molecular weight is 208 g/mol. The van der Waals surface area contributed by atoms with Crippen LogP contribution >= 0.6 is 0 Å². The van der Waals surface area contributed by atoms with Gasteiger partial charge < -0.3 is 10.9 Å². The van der Waals surface area contributed by atoms with Gasteiger partial charge in [-0.05, 0) is 24.2 Å². The first-order valence-electron chi connectivity index (χ1n) is 4.84. The largest absolute Gasteiger partial charge is 0.409 e. The Morgan fingerprint density at radius 1 is 1.53 bits per heavy atom. The van der Waals surface area contributed by atoms with Crippen LogP contribution in [0.3, 0.4) is 0 Å². The van der Waals surface area contributed by atoms with Gasteiger partial charge in [-0.3, -0.25) is 9.88 Å². The molecule has 5 heteroatoms. The SMILES string of the molecule is CCN(CC(N)=NO)Cc1ccncc1. The second-order valence-electron chi connectivity index (χ2n) is 3.25. The molecule has 15 heavy (non-hydrogen) atoms. The molecule has 0 aromatic carbocycles. The zero-order valence-electron chi connectivity index (χ0n) is 8.80. The number of likely N-dealkylation sites (N-methyl/N-ethyl adjacent to an activating group) is 1. The fraction of sp³-hybridized carbons (Fsp3) is 0.400. The van der Waals surface area contributed by atoms with Crippen molar-refractivity contribution >= 4 is 5.84 Å². The van der Waals surface area contributed by atoms with Crippen molar-refractivity contribution in [3.8, 4) is 0 Å². The Hall–Kier alpha value is -1.62. The van der Waals surface area contributed by atoms with Crippen molar-refractivity contribution in [3.63, 3.8) is 0 Å². The molecule has 0 bridgehead atoms. The number of pyridine rings is 1. The molecule has 0 saturated carbocycles. The lowest BCUT2D eigenvalue weighted by Crippen LogP contribution is -2.33. The normalized spacial score (nSPS) is 12.0. The van der Waals surface area contributed by atoms with Crippen molar-refractivity contribution in [2.45, 2.75) is 13.5 Å². The summed E-state index contributed by atoms with van der Waals surface area (Å²) in [5, 5.41) is 11.4. The van der Waals surface area contributed by atoms with E-state index >= 15 is 0 Å². The summed E-state index contributed by atoms with van der Waals surface area (Å²) in [6.45, 7) is 4.12. The van der Waals surface area contributed by atoms with Crippen LogP contribution in [0.4, 0.5) is 0 Å². The van der Waals surface area contributed by atoms with Gasteiger partial charge >= 0.3 is 0 Å². The number of hydrogen-bond acceptors (Lipinski definition) is 4. The van der Waals surface area contributed by atoms with Gasteiger partial charge in [-0.1, -0.05) is 12.1 Å². The van der Waals surface area contributed by atoms with Crippen LogP contribution in [0.25, 0.3) is 0 Å². The monoisotopic (exact) mass is 208 g/mol. The highest BCUT2D eigenvalue weighted by atomic mass is 16.4. The van der Waals surface area contributed by atoms with E-state index in [1.54, 1.807) is 12.4 Å². The van der Waals surface area contributed by atoms with E-state index < -0.39 is 0 Å². The maximum atomic E-state index is 8.47. The zero-order chi connectivity index (χ0) is 11.1. The minimum absolute atomic E-state index is 0.228. The van der Waals surface area contributed by atoms with Crippen LogP contribution in [0.2, 0.25) is 0 Å². The molecule has 1 aromatic rings. The molecule has 0 amide bonds. The van der Waals surface area contributed by atoms with Crippen LogP contribution in [0.5, 0.6) is 0 Å². The van der Waals surface area contributed by atoms with Gasteiger partial charge in [-0.25, -0.2) is 0 Å². The van der Waals surface area contributed by atoms with E-state index in [0.29, 0.717) is 6.54 Å². The number of oxime groups is 1. The Morgan fingerprint density at radius 2 is 2.20 bits per heavy atom. The van der Waals surface area contributed by atoms with Gasteiger partial charge in [0.05, 0.1) is 6.54 Å². The smallest absolute Gasteiger partial charge is 0.153 e. The highest BCUT2D eigenvalue weighted by Gasteiger charge is 2.05. The standard InChI is InChI=1S/C10H16N4O/c1-2-14(8-10(11)13-15)7-9-3-5-12-6-4-9/h3-6,15H,2,7-8H2,1H3,(H2,11,13). The minimum Gasteiger partial charge on any atom is -0.409 e. The summed E-state index contributed by atoms with van der Waals surface area (Å²) < 4.78 is 0. The minimum atomic E-state index is 0.228. The first kappa shape index (κ1) is 11.5. The molecule has 1 heterocycles. The highest BCUT2D eigenvalue weighted by molar-refractivity contribution is 5.81. The molecule has 0 saturated heterocycles. The Balaban J connectivity index is 2.54. The Labute approximate surface area is 89.2 Å². The molecule has 0 atom stereocenters. The number of rotatable bonds is 5. The van der Waals surface area contributed by atoms with Gasteiger partial charge in [0.1, 0.15) is 0 Å². The molecule has 5 nitrogen and oxygen atoms in total. The van der Waals surface area contributed by atoms with Gasteiger partial charge in [-0.15, -0.1) is 0 Å². The summed E-state index contributed by atoms with van der Waals surface area (Å²) in [5.41, 5.74) is 6.61. The highest BCUT2D eigenvalue weighted by Crippen LogP contribution is 2.02. The third kappa shape index (κ3) is 3.95. The van der Waals surface area contributed by atoms with Crippen molar-refractivity contribution in [3.05, 3.63) is 30.1 Å². The molecule has 1 rings (SSSR count). The third-order valence-corrected chi connectivity index (χ3v) is 2.12. The topological polar surface area (TPSA) is 74.7 Å². The number of hydrogen-bond donors (Lipinski definition) is 2. The van der Waals surface area contributed by atoms with Gasteiger partial charge in [0.2, 0.25) is 0 Å². The first-order valence-corrected chi connectivity index (χ1v) is 4.84. The maximum Gasteiger partial charge on any atom is 0.153 e. The predicted molar refractivity (Wildman–Crippen MR) is 58.6 cm³/mol. The number of nitrogens with zero attached hydrogens (tertiary/aromatic N) is 3. The lowest BCUT2D eigenvalue weighted by molar-refractivity contribution is 0.294. The van der Waals surface area contributed by atoms with Crippen molar-refractivity contribution in [1.82, 2.24) is 9.88 Å².